The SMILES string of the molecule is COc1ccc2c(C(F)(F)F)cc(SCC(=O)NC3CCS(=O)(=O)C3)nc2c1. The molecule has 0 aliphatic carbocycles. The second kappa shape index (κ2) is 7.78. The molecular formula is C17H17F3N2O4S2. The van der Waals surface area contributed by atoms with Crippen molar-refractivity contribution in [1.29, 1.82) is 0 Å². The molecule has 1 unspecified atom stereocenters. The van der Waals surface area contributed by atoms with Gasteiger partial charge in [-0.15, -0.1) is 0 Å². The number of fused-ring (bicyclic) bond motifs is 1. The van der Waals surface area contributed by atoms with Crippen molar-refractivity contribution in [2.45, 2.75) is 23.7 Å². The van der Waals surface area contributed by atoms with Gasteiger partial charge in [-0.2, -0.15) is 13.2 Å². The van der Waals surface area contributed by atoms with Crippen LogP contribution >= 0.6 is 11.8 Å². The summed E-state index contributed by atoms with van der Waals surface area (Å²) < 4.78 is 68.1. The molecule has 1 amide bonds. The molecule has 28 heavy (non-hydrogen) atoms. The molecule has 1 aromatic heterocycles. The van der Waals surface area contributed by atoms with Gasteiger partial charge in [0.2, 0.25) is 5.91 Å². The van der Waals surface area contributed by atoms with Crippen LogP contribution in [-0.2, 0) is 20.8 Å². The highest BCUT2D eigenvalue weighted by Gasteiger charge is 2.34. The summed E-state index contributed by atoms with van der Waals surface area (Å²) in [6.45, 7) is 0. The first-order valence-electron chi connectivity index (χ1n) is 8.26. The van der Waals surface area contributed by atoms with E-state index in [0.29, 0.717) is 12.2 Å². The highest BCUT2D eigenvalue weighted by Crippen LogP contribution is 2.37. The first-order chi connectivity index (χ1) is 13.1. The van der Waals surface area contributed by atoms with Crippen molar-refractivity contribution in [3.63, 3.8) is 0 Å². The molecular weight excluding hydrogens is 417 g/mol. The number of nitrogens with one attached hydrogen (secondary N) is 1. The normalized spacial score (nSPS) is 18.9. The lowest BCUT2D eigenvalue weighted by Crippen LogP contribution is -2.36. The van der Waals surface area contributed by atoms with Gasteiger partial charge in [0.05, 0.1) is 40.5 Å². The maximum absolute atomic E-state index is 13.4. The number of thioether (sulfide) groups is 1. The van der Waals surface area contributed by atoms with Crippen molar-refractivity contribution in [2.75, 3.05) is 24.4 Å². The number of carbonyl (C=O) groups is 1. The molecule has 1 fully saturated rings. The number of methoxy groups -OCH3 is 1. The minimum Gasteiger partial charge on any atom is -0.497 e. The van der Waals surface area contributed by atoms with Gasteiger partial charge in [-0.05, 0) is 24.6 Å². The predicted octanol–water partition coefficient (Wildman–Crippen LogP) is 2.66. The average molecular weight is 434 g/mol. The Labute approximate surface area is 163 Å². The van der Waals surface area contributed by atoms with Crippen LogP contribution in [0.4, 0.5) is 13.2 Å². The van der Waals surface area contributed by atoms with Gasteiger partial charge in [0.25, 0.3) is 0 Å². The van der Waals surface area contributed by atoms with E-state index in [-0.39, 0.29) is 33.2 Å². The van der Waals surface area contributed by atoms with Crippen LogP contribution in [0.15, 0.2) is 29.3 Å². The number of ether oxygens (including phenoxy) is 1. The summed E-state index contributed by atoms with van der Waals surface area (Å²) in [5.41, 5.74) is -0.732. The fraction of sp³-hybridized carbons (Fsp3) is 0.412. The van der Waals surface area contributed by atoms with Crippen LogP contribution in [0.25, 0.3) is 10.9 Å². The molecule has 1 aliphatic rings. The first kappa shape index (κ1) is 20.7. The highest BCUT2D eigenvalue weighted by atomic mass is 32.2. The van der Waals surface area contributed by atoms with Crippen molar-refractivity contribution in [2.24, 2.45) is 0 Å². The number of alkyl halides is 3. The van der Waals surface area contributed by atoms with Gasteiger partial charge in [-0.25, -0.2) is 13.4 Å². The third kappa shape index (κ3) is 4.88. The number of benzene rings is 1. The van der Waals surface area contributed by atoms with E-state index in [9.17, 15) is 26.4 Å². The zero-order chi connectivity index (χ0) is 20.5. The molecule has 0 saturated carbocycles. The number of hydrogen-bond donors (Lipinski definition) is 1. The molecule has 6 nitrogen and oxygen atoms in total. The lowest BCUT2D eigenvalue weighted by Gasteiger charge is -2.14. The number of sulfone groups is 1. The predicted molar refractivity (Wildman–Crippen MR) is 99.2 cm³/mol. The molecule has 2 aromatic rings. The maximum Gasteiger partial charge on any atom is 0.417 e. The number of hydrogen-bond acceptors (Lipinski definition) is 6. The van der Waals surface area contributed by atoms with Gasteiger partial charge < -0.3 is 10.1 Å². The molecule has 11 heteroatoms. The second-order valence-electron chi connectivity index (χ2n) is 6.35. The summed E-state index contributed by atoms with van der Waals surface area (Å²) in [6.07, 6.45) is -4.24. The number of nitrogens with zero attached hydrogens (tertiary/aromatic N) is 1. The Bertz CT molecular complexity index is 1010. The highest BCUT2D eigenvalue weighted by molar-refractivity contribution is 7.99. The molecule has 3 rings (SSSR count). The number of aromatic nitrogens is 1. The van der Waals surface area contributed by atoms with Gasteiger partial charge in [0.1, 0.15) is 5.75 Å². The minimum atomic E-state index is -4.58. The largest absolute Gasteiger partial charge is 0.497 e. The van der Waals surface area contributed by atoms with E-state index < -0.39 is 33.5 Å². The van der Waals surface area contributed by atoms with Crippen molar-refractivity contribution < 1.29 is 31.1 Å². The first-order valence-corrected chi connectivity index (χ1v) is 11.1. The third-order valence-corrected chi connectivity index (χ3v) is 6.93. The molecule has 0 bridgehead atoms. The molecule has 0 radical (unpaired) electrons. The van der Waals surface area contributed by atoms with Crippen LogP contribution in [0.5, 0.6) is 5.75 Å². The molecule has 1 N–H and O–H groups in total. The number of rotatable bonds is 5. The van der Waals surface area contributed by atoms with Crippen molar-refractivity contribution in [1.82, 2.24) is 10.3 Å². The van der Waals surface area contributed by atoms with Crippen LogP contribution in [0, 0.1) is 0 Å². The molecule has 1 aliphatic heterocycles. The molecule has 1 aromatic carbocycles. The smallest absolute Gasteiger partial charge is 0.417 e. The Hall–Kier alpha value is -2.01. The van der Waals surface area contributed by atoms with Gasteiger partial charge >= 0.3 is 6.18 Å². The van der Waals surface area contributed by atoms with Crippen molar-refractivity contribution in [3.05, 3.63) is 29.8 Å². The van der Waals surface area contributed by atoms with Crippen LogP contribution in [0.1, 0.15) is 12.0 Å². The number of halogens is 3. The molecule has 1 atom stereocenters. The van der Waals surface area contributed by atoms with Crippen LogP contribution in [-0.4, -0.2) is 49.7 Å². The summed E-state index contributed by atoms with van der Waals surface area (Å²) in [7, 11) is -1.73. The van der Waals surface area contributed by atoms with Gasteiger partial charge in [0, 0.05) is 17.5 Å². The zero-order valence-electron chi connectivity index (χ0n) is 14.7. The Balaban J connectivity index is 1.78. The van der Waals surface area contributed by atoms with Gasteiger partial charge in [0.15, 0.2) is 9.84 Å². The van der Waals surface area contributed by atoms with E-state index in [2.05, 4.69) is 10.3 Å². The van der Waals surface area contributed by atoms with E-state index in [1.54, 1.807) is 0 Å². The molecule has 0 spiro atoms. The summed E-state index contributed by atoms with van der Waals surface area (Å²) >= 11 is 0.857. The van der Waals surface area contributed by atoms with E-state index in [1.165, 1.54) is 25.3 Å². The Morgan fingerprint density at radius 1 is 1.36 bits per heavy atom. The number of pyridine rings is 1. The summed E-state index contributed by atoms with van der Waals surface area (Å²) in [6, 6.07) is 4.57. The molecule has 1 saturated heterocycles. The lowest BCUT2D eigenvalue weighted by molar-refractivity contribution is -0.136. The van der Waals surface area contributed by atoms with E-state index in [4.69, 9.17) is 4.74 Å². The van der Waals surface area contributed by atoms with Crippen molar-refractivity contribution in [3.8, 4) is 5.75 Å². The van der Waals surface area contributed by atoms with Crippen LogP contribution in [0.3, 0.4) is 0 Å². The minimum absolute atomic E-state index is 0.0219. The van der Waals surface area contributed by atoms with Gasteiger partial charge in [-0.1, -0.05) is 11.8 Å². The fourth-order valence-corrected chi connectivity index (χ4v) is 5.34. The summed E-state index contributed by atoms with van der Waals surface area (Å²) in [5, 5.41) is 2.58. The van der Waals surface area contributed by atoms with E-state index in [1.807, 2.05) is 0 Å². The number of amides is 1. The maximum atomic E-state index is 13.4. The topological polar surface area (TPSA) is 85.4 Å². The second-order valence-corrected chi connectivity index (χ2v) is 9.57. The lowest BCUT2D eigenvalue weighted by atomic mass is 10.1. The quantitative estimate of drug-likeness (QED) is 0.729. The molecule has 152 valence electrons. The standard InChI is InChI=1S/C17H17F3N2O4S2/c1-26-11-2-3-12-13(17(18,19)20)7-16(22-14(12)6-11)27-8-15(23)21-10-4-5-28(24,25)9-10/h2-3,6-7,10H,4-5,8-9H2,1H3,(H,21,23). The monoisotopic (exact) mass is 434 g/mol. The fourth-order valence-electron chi connectivity index (χ4n) is 2.94. The van der Waals surface area contributed by atoms with Crippen LogP contribution < -0.4 is 10.1 Å². The van der Waals surface area contributed by atoms with Gasteiger partial charge in [-0.3, -0.25) is 4.79 Å². The van der Waals surface area contributed by atoms with E-state index in [0.717, 1.165) is 17.8 Å². The average Bonchev–Trinajstić information content (AvgIpc) is 2.96. The Morgan fingerprint density at radius 3 is 2.71 bits per heavy atom. The number of carbonyl (C=O) groups excluding carboxylic acids is 1. The molecule has 2 heterocycles. The zero-order valence-corrected chi connectivity index (χ0v) is 16.4. The van der Waals surface area contributed by atoms with Crippen molar-refractivity contribution >= 4 is 38.4 Å². The summed E-state index contributed by atoms with van der Waals surface area (Å²) in [4.78, 5) is 16.2. The Kier molecular flexibility index (Phi) is 5.76. The van der Waals surface area contributed by atoms with E-state index >= 15 is 0 Å². The third-order valence-electron chi connectivity index (χ3n) is 4.25. The Morgan fingerprint density at radius 2 is 2.11 bits per heavy atom. The summed E-state index contributed by atoms with van der Waals surface area (Å²) in [5.74, 6) is -0.344. The van der Waals surface area contributed by atoms with Crippen LogP contribution in [0.2, 0.25) is 0 Å².